The lowest BCUT2D eigenvalue weighted by Gasteiger charge is -2.48. The fourth-order valence-corrected chi connectivity index (χ4v) is 5.20. The molecule has 0 spiro atoms. The zero-order valence-electron chi connectivity index (χ0n) is 22.7. The molecule has 1 saturated carbocycles. The molecule has 18 nitrogen and oxygen atoms in total. The molecular formula is C23H46N6O12. The third kappa shape index (κ3) is 8.85. The van der Waals surface area contributed by atoms with Crippen LogP contribution in [0.15, 0.2) is 0 Å². The van der Waals surface area contributed by atoms with E-state index >= 15 is 0 Å². The van der Waals surface area contributed by atoms with E-state index in [4.69, 9.17) is 41.3 Å². The van der Waals surface area contributed by atoms with E-state index in [1.807, 2.05) is 0 Å². The van der Waals surface area contributed by atoms with Gasteiger partial charge in [-0.05, 0) is 12.8 Å². The number of rotatable bonds is 12. The van der Waals surface area contributed by atoms with Crippen molar-refractivity contribution in [1.82, 2.24) is 15.7 Å². The molecule has 2 amide bonds. The molecule has 0 radical (unpaired) electrons. The normalized spacial score (nSPS) is 41.7. The van der Waals surface area contributed by atoms with Crippen LogP contribution in [0.1, 0.15) is 19.3 Å². The fraction of sp³-hybridized carbons (Fsp3) is 0.957. The molecule has 3 fully saturated rings. The van der Waals surface area contributed by atoms with Gasteiger partial charge in [-0.15, -0.1) is 0 Å². The summed E-state index contributed by atoms with van der Waals surface area (Å²) < 4.78 is 23.3. The quantitative estimate of drug-likeness (QED) is 0.0565. The molecule has 2 saturated heterocycles. The average Bonchev–Trinajstić information content (AvgIpc) is 2.92. The van der Waals surface area contributed by atoms with Gasteiger partial charge in [0.05, 0.1) is 50.2 Å². The van der Waals surface area contributed by atoms with E-state index in [0.717, 1.165) is 0 Å². The maximum atomic E-state index is 12.5. The third-order valence-electron chi connectivity index (χ3n) is 7.44. The van der Waals surface area contributed by atoms with Crippen LogP contribution in [0, 0.1) is 0 Å². The van der Waals surface area contributed by atoms with Crippen LogP contribution >= 0.6 is 0 Å². The van der Waals surface area contributed by atoms with Gasteiger partial charge in [0.2, 0.25) is 0 Å². The van der Waals surface area contributed by atoms with Crippen LogP contribution < -0.4 is 27.8 Å². The van der Waals surface area contributed by atoms with Crippen molar-refractivity contribution in [3.05, 3.63) is 0 Å². The maximum Gasteiger partial charge on any atom is 0.341 e. The Morgan fingerprint density at radius 3 is 2.22 bits per heavy atom. The SMILES string of the molecule is NCCN(O)C(=O)N[C@@H]1C[C@H](N)C(O[C@H]2O[C@H](CNCCO)[C@@H](O)C[C@H]2N)[C@H](O)[C@H]1O[C@H]1O[C@H](CO)[C@@H](O)C[C@H]1O. The first kappa shape index (κ1) is 34.2. The molecule has 2 heterocycles. The van der Waals surface area contributed by atoms with Crippen LogP contribution in [0.25, 0.3) is 0 Å². The predicted molar refractivity (Wildman–Crippen MR) is 138 cm³/mol. The van der Waals surface area contributed by atoms with Gasteiger partial charge in [0, 0.05) is 32.1 Å². The number of hydrogen-bond donors (Lipinski definition) is 12. The van der Waals surface area contributed by atoms with Crippen molar-refractivity contribution in [2.75, 3.05) is 39.4 Å². The Hall–Kier alpha value is -1.33. The standard InChI is InChI=1S/C23H46N6O12/c24-1-3-29(37)23(36)28-12-5-10(25)19(40-21-11(26)6-13(32)16(38-21)8-27-2-4-30)18(35)20(12)41-22-15(34)7-14(33)17(9-31)39-22/h10-22,27,30-35,37H,1-9,24-26H2,(H,28,36)/t10-,11+,12+,13-,14-,15+,16+,17+,18-,19?,20-,21+,22+/m0/s1. The fourth-order valence-electron chi connectivity index (χ4n) is 5.20. The largest absolute Gasteiger partial charge is 0.395 e. The van der Waals surface area contributed by atoms with Crippen LogP contribution in [0.3, 0.4) is 0 Å². The van der Waals surface area contributed by atoms with E-state index in [9.17, 15) is 35.5 Å². The summed E-state index contributed by atoms with van der Waals surface area (Å²) in [7, 11) is 0. The molecule has 0 aromatic heterocycles. The topological polar surface area (TPSA) is 301 Å². The number of carbonyl (C=O) groups excluding carboxylic acids is 1. The Labute approximate surface area is 237 Å². The van der Waals surface area contributed by atoms with Crippen molar-refractivity contribution in [3.8, 4) is 0 Å². The summed E-state index contributed by atoms with van der Waals surface area (Å²) in [6.45, 7) is -0.394. The highest BCUT2D eigenvalue weighted by molar-refractivity contribution is 5.73. The van der Waals surface area contributed by atoms with E-state index in [-0.39, 0.29) is 52.0 Å². The van der Waals surface area contributed by atoms with Crippen LogP contribution in [-0.2, 0) is 18.9 Å². The summed E-state index contributed by atoms with van der Waals surface area (Å²) in [4.78, 5) is 12.5. The zero-order valence-corrected chi connectivity index (χ0v) is 22.7. The molecule has 0 aromatic rings. The number of nitrogens with two attached hydrogens (primary N) is 3. The number of hydrogen-bond acceptors (Lipinski definition) is 16. The highest BCUT2D eigenvalue weighted by atomic mass is 16.7. The minimum absolute atomic E-state index is 0.0214. The average molecular weight is 599 g/mol. The van der Waals surface area contributed by atoms with Gasteiger partial charge in [0.25, 0.3) is 0 Å². The number of carbonyl (C=O) groups is 1. The van der Waals surface area contributed by atoms with Crippen LogP contribution in [0.2, 0.25) is 0 Å². The van der Waals surface area contributed by atoms with Gasteiger partial charge in [-0.25, -0.2) is 9.86 Å². The molecule has 1 aliphatic carbocycles. The summed E-state index contributed by atoms with van der Waals surface area (Å²) in [5, 5.41) is 76.6. The Morgan fingerprint density at radius 2 is 1.56 bits per heavy atom. The van der Waals surface area contributed by atoms with E-state index in [1.165, 1.54) is 0 Å². The molecule has 3 aliphatic rings. The zero-order chi connectivity index (χ0) is 30.3. The third-order valence-corrected chi connectivity index (χ3v) is 7.44. The maximum absolute atomic E-state index is 12.5. The second-order valence-electron chi connectivity index (χ2n) is 10.6. The lowest BCUT2D eigenvalue weighted by molar-refractivity contribution is -0.312. The summed E-state index contributed by atoms with van der Waals surface area (Å²) in [6, 6.07) is -3.65. The molecule has 15 N–H and O–H groups in total. The molecule has 0 bridgehead atoms. The van der Waals surface area contributed by atoms with Crippen molar-refractivity contribution >= 4 is 6.03 Å². The van der Waals surface area contributed by atoms with E-state index < -0.39 is 92.2 Å². The Bertz CT molecular complexity index is 806. The van der Waals surface area contributed by atoms with Gasteiger partial charge in [-0.2, -0.15) is 0 Å². The molecule has 3 rings (SSSR count). The predicted octanol–water partition coefficient (Wildman–Crippen LogP) is -6.21. The first-order valence-electron chi connectivity index (χ1n) is 13.7. The molecule has 41 heavy (non-hydrogen) atoms. The summed E-state index contributed by atoms with van der Waals surface area (Å²) >= 11 is 0. The minimum Gasteiger partial charge on any atom is -0.395 e. The summed E-state index contributed by atoms with van der Waals surface area (Å²) in [5.41, 5.74) is 17.9. The van der Waals surface area contributed by atoms with Crippen LogP contribution in [0.5, 0.6) is 0 Å². The lowest BCUT2D eigenvalue weighted by Crippen LogP contribution is -2.68. The molecule has 240 valence electrons. The molecule has 0 aromatic carbocycles. The van der Waals surface area contributed by atoms with Gasteiger partial charge in [0.15, 0.2) is 12.6 Å². The van der Waals surface area contributed by atoms with Crippen molar-refractivity contribution in [2.45, 2.75) is 98.8 Å². The van der Waals surface area contributed by atoms with Crippen molar-refractivity contribution in [1.29, 1.82) is 0 Å². The van der Waals surface area contributed by atoms with Gasteiger partial charge < -0.3 is 77.4 Å². The summed E-state index contributed by atoms with van der Waals surface area (Å²) in [6.07, 6.45) is -11.9. The number of aliphatic hydroxyl groups is 6. The van der Waals surface area contributed by atoms with Crippen molar-refractivity contribution in [3.63, 3.8) is 0 Å². The van der Waals surface area contributed by atoms with E-state index in [2.05, 4.69) is 10.6 Å². The second kappa shape index (κ2) is 15.9. The number of amides is 2. The van der Waals surface area contributed by atoms with Gasteiger partial charge in [-0.1, -0.05) is 0 Å². The Kier molecular flexibility index (Phi) is 13.3. The number of nitrogens with zero attached hydrogens (tertiary/aromatic N) is 1. The number of urea groups is 1. The summed E-state index contributed by atoms with van der Waals surface area (Å²) in [5.74, 6) is 0. The molecule has 2 aliphatic heterocycles. The van der Waals surface area contributed by atoms with Crippen LogP contribution in [0.4, 0.5) is 4.79 Å². The van der Waals surface area contributed by atoms with Gasteiger partial charge in [-0.3, -0.25) is 5.21 Å². The highest BCUT2D eigenvalue weighted by Crippen LogP contribution is 2.31. The first-order valence-corrected chi connectivity index (χ1v) is 13.7. The van der Waals surface area contributed by atoms with E-state index in [1.54, 1.807) is 0 Å². The molecule has 1 unspecified atom stereocenters. The Balaban J connectivity index is 1.78. The molecule has 18 heteroatoms. The number of nitrogens with one attached hydrogen (secondary N) is 2. The number of aliphatic hydroxyl groups excluding tert-OH is 6. The number of ether oxygens (including phenoxy) is 4. The van der Waals surface area contributed by atoms with Gasteiger partial charge >= 0.3 is 6.03 Å². The monoisotopic (exact) mass is 598 g/mol. The van der Waals surface area contributed by atoms with E-state index in [0.29, 0.717) is 5.06 Å². The van der Waals surface area contributed by atoms with Crippen LogP contribution in [-0.4, -0.2) is 166 Å². The minimum atomic E-state index is -1.56. The smallest absolute Gasteiger partial charge is 0.341 e. The first-order chi connectivity index (χ1) is 19.5. The highest BCUT2D eigenvalue weighted by Gasteiger charge is 2.50. The molecule has 13 atom stereocenters. The van der Waals surface area contributed by atoms with Crippen molar-refractivity contribution in [2.24, 2.45) is 17.2 Å². The lowest BCUT2D eigenvalue weighted by atomic mass is 9.83. The number of hydroxylamine groups is 2. The Morgan fingerprint density at radius 1 is 0.902 bits per heavy atom. The van der Waals surface area contributed by atoms with Crippen molar-refractivity contribution < 1.29 is 59.6 Å². The second-order valence-corrected chi connectivity index (χ2v) is 10.6. The molecular weight excluding hydrogens is 552 g/mol. The van der Waals surface area contributed by atoms with Gasteiger partial charge in [0.1, 0.15) is 30.5 Å².